The van der Waals surface area contributed by atoms with Gasteiger partial charge in [-0.15, -0.1) is 0 Å². The molecule has 0 unspecified atom stereocenters. The van der Waals surface area contributed by atoms with E-state index >= 15 is 0 Å². The monoisotopic (exact) mass is 490 g/mol. The number of para-hydroxylation sites is 2. The highest BCUT2D eigenvalue weighted by Gasteiger charge is 2.32. The first-order valence-corrected chi connectivity index (χ1v) is 11.6. The molecule has 0 radical (unpaired) electrons. The maximum Gasteiger partial charge on any atom is 0.325 e. The second-order valence-electron chi connectivity index (χ2n) is 7.78. The quantitative estimate of drug-likeness (QED) is 0.389. The highest BCUT2D eigenvalue weighted by molar-refractivity contribution is 7.16. The maximum absolute atomic E-state index is 13.7. The lowest BCUT2D eigenvalue weighted by molar-refractivity contribution is -0.141. The van der Waals surface area contributed by atoms with Crippen molar-refractivity contribution < 1.29 is 28.5 Å². The number of ether oxygens (including phenoxy) is 4. The first-order valence-electron chi connectivity index (χ1n) is 10.8. The third-order valence-corrected chi connectivity index (χ3v) is 6.88. The summed E-state index contributed by atoms with van der Waals surface area (Å²) >= 11 is 1.28. The van der Waals surface area contributed by atoms with Crippen LogP contribution in [0.5, 0.6) is 23.0 Å². The number of nitrogens with zero attached hydrogens (tertiary/aromatic N) is 2. The zero-order chi connectivity index (χ0) is 24.5. The van der Waals surface area contributed by atoms with Crippen LogP contribution in [0.25, 0.3) is 10.2 Å². The number of carbonyl (C=O) groups is 2. The first kappa shape index (κ1) is 22.7. The molecular weight excluding hydrogens is 468 g/mol. The molecule has 35 heavy (non-hydrogen) atoms. The van der Waals surface area contributed by atoms with Gasteiger partial charge in [0, 0.05) is 23.3 Å². The molecule has 0 N–H and O–H groups in total. The number of benzene rings is 3. The van der Waals surface area contributed by atoms with E-state index in [4.69, 9.17) is 18.9 Å². The Morgan fingerprint density at radius 1 is 0.943 bits per heavy atom. The Bertz CT molecular complexity index is 1470. The van der Waals surface area contributed by atoms with Crippen LogP contribution in [-0.4, -0.2) is 37.8 Å². The number of hydrogen-bond acceptors (Lipinski definition) is 7. The fraction of sp³-hybridized carbons (Fsp3) is 0.192. The molecule has 0 bridgehead atoms. The molecule has 4 aromatic rings. The molecule has 8 nitrogen and oxygen atoms in total. The Balaban J connectivity index is 1.69. The van der Waals surface area contributed by atoms with Crippen LogP contribution in [-0.2, 0) is 20.9 Å². The second-order valence-corrected chi connectivity index (χ2v) is 8.79. The van der Waals surface area contributed by atoms with E-state index in [1.807, 2.05) is 48.5 Å². The van der Waals surface area contributed by atoms with Crippen LogP contribution in [0.4, 0.5) is 0 Å². The molecule has 3 aromatic carbocycles. The Labute approximate surface area is 205 Å². The Morgan fingerprint density at radius 2 is 1.54 bits per heavy atom. The third kappa shape index (κ3) is 4.04. The fourth-order valence-electron chi connectivity index (χ4n) is 4.16. The topological polar surface area (TPSA) is 88.4 Å². The number of hydrogen-bond donors (Lipinski definition) is 0. The van der Waals surface area contributed by atoms with Gasteiger partial charge in [-0.2, -0.15) is 4.99 Å². The molecule has 1 aliphatic rings. The van der Waals surface area contributed by atoms with Crippen molar-refractivity contribution in [2.75, 3.05) is 21.3 Å². The van der Waals surface area contributed by atoms with Crippen molar-refractivity contribution in [3.05, 3.63) is 76.6 Å². The maximum atomic E-state index is 13.7. The van der Waals surface area contributed by atoms with E-state index in [9.17, 15) is 9.59 Å². The van der Waals surface area contributed by atoms with Crippen molar-refractivity contribution in [3.8, 4) is 23.0 Å². The Hall–Kier alpha value is -4.11. The van der Waals surface area contributed by atoms with Gasteiger partial charge in [-0.1, -0.05) is 47.7 Å². The predicted molar refractivity (Wildman–Crippen MR) is 130 cm³/mol. The Kier molecular flexibility index (Phi) is 6.00. The highest BCUT2D eigenvalue weighted by atomic mass is 32.1. The molecular formula is C26H22N2O6S. The van der Waals surface area contributed by atoms with E-state index in [1.54, 1.807) is 23.8 Å². The van der Waals surface area contributed by atoms with Gasteiger partial charge in [0.1, 0.15) is 18.0 Å². The van der Waals surface area contributed by atoms with Crippen molar-refractivity contribution in [2.45, 2.75) is 12.5 Å². The summed E-state index contributed by atoms with van der Waals surface area (Å²) in [6.07, 6.45) is 0. The molecule has 178 valence electrons. The molecule has 0 atom stereocenters. The smallest absolute Gasteiger partial charge is 0.325 e. The lowest BCUT2D eigenvalue weighted by Gasteiger charge is -2.25. The number of amides is 1. The fourth-order valence-corrected chi connectivity index (χ4v) is 5.21. The van der Waals surface area contributed by atoms with Gasteiger partial charge < -0.3 is 23.5 Å². The van der Waals surface area contributed by atoms with Crippen molar-refractivity contribution in [3.63, 3.8) is 0 Å². The minimum absolute atomic E-state index is 0.112. The molecule has 9 heteroatoms. The highest BCUT2D eigenvalue weighted by Crippen LogP contribution is 2.44. The summed E-state index contributed by atoms with van der Waals surface area (Å²) in [5.41, 5.74) is 2.16. The van der Waals surface area contributed by atoms with Gasteiger partial charge in [-0.3, -0.25) is 9.59 Å². The van der Waals surface area contributed by atoms with Crippen LogP contribution in [0.15, 0.2) is 65.7 Å². The molecule has 0 saturated carbocycles. The average Bonchev–Trinajstić information content (AvgIpc) is 3.21. The van der Waals surface area contributed by atoms with Gasteiger partial charge >= 0.3 is 5.97 Å². The Morgan fingerprint density at radius 3 is 2.14 bits per heavy atom. The van der Waals surface area contributed by atoms with E-state index < -0.39 is 11.9 Å². The molecule has 2 heterocycles. The van der Waals surface area contributed by atoms with Gasteiger partial charge in [0.15, 0.2) is 16.3 Å². The summed E-state index contributed by atoms with van der Waals surface area (Å²) in [5, 5.41) is 0. The summed E-state index contributed by atoms with van der Waals surface area (Å²) in [6.45, 7) is -0.112. The number of fused-ring (bicyclic) bond motifs is 3. The molecule has 1 amide bonds. The summed E-state index contributed by atoms with van der Waals surface area (Å²) in [4.78, 5) is 30.8. The van der Waals surface area contributed by atoms with Gasteiger partial charge in [0.05, 0.1) is 37.5 Å². The van der Waals surface area contributed by atoms with Crippen LogP contribution in [0.2, 0.25) is 0 Å². The van der Waals surface area contributed by atoms with Crippen LogP contribution < -0.4 is 19.0 Å². The number of rotatable bonds is 5. The molecule has 1 aliphatic heterocycles. The van der Waals surface area contributed by atoms with Gasteiger partial charge in [-0.05, 0) is 12.1 Å². The number of methoxy groups -OCH3 is 3. The van der Waals surface area contributed by atoms with E-state index in [0.29, 0.717) is 33.3 Å². The average molecular weight is 491 g/mol. The van der Waals surface area contributed by atoms with Crippen LogP contribution in [0.1, 0.15) is 17.0 Å². The molecule has 5 rings (SSSR count). The van der Waals surface area contributed by atoms with Gasteiger partial charge in [0.25, 0.3) is 5.91 Å². The zero-order valence-electron chi connectivity index (χ0n) is 19.3. The van der Waals surface area contributed by atoms with Crippen molar-refractivity contribution in [2.24, 2.45) is 4.99 Å². The SMILES string of the molecule is COC(=O)Cn1c(=NC(=O)C2c3ccccc3Oc3ccccc32)sc2cc(OC)c(OC)cc21. The number of thiazole rings is 1. The van der Waals surface area contributed by atoms with Crippen LogP contribution in [0, 0.1) is 0 Å². The lowest BCUT2D eigenvalue weighted by atomic mass is 9.87. The summed E-state index contributed by atoms with van der Waals surface area (Å²) < 4.78 is 24.2. The van der Waals surface area contributed by atoms with Crippen LogP contribution in [0.3, 0.4) is 0 Å². The number of carbonyl (C=O) groups excluding carboxylic acids is 2. The molecule has 0 spiro atoms. The molecule has 0 saturated heterocycles. The first-order chi connectivity index (χ1) is 17.0. The largest absolute Gasteiger partial charge is 0.493 e. The standard InChI is InChI=1S/C26H22N2O6S/c1-31-20-12-17-22(13-21(20)32-2)35-26(28(17)14-23(29)33-3)27-25(30)24-15-8-4-6-10-18(15)34-19-11-7-5-9-16(19)24/h4-13,24H,14H2,1-3H3. The summed E-state index contributed by atoms with van der Waals surface area (Å²) in [7, 11) is 4.41. The third-order valence-electron chi connectivity index (χ3n) is 5.84. The van der Waals surface area contributed by atoms with Crippen molar-refractivity contribution in [1.29, 1.82) is 0 Å². The van der Waals surface area contributed by atoms with E-state index in [-0.39, 0.29) is 12.5 Å². The molecule has 1 aromatic heterocycles. The van der Waals surface area contributed by atoms with Crippen LogP contribution >= 0.6 is 11.3 Å². The second kappa shape index (κ2) is 9.27. The van der Waals surface area contributed by atoms with Gasteiger partial charge in [0.2, 0.25) is 0 Å². The van der Waals surface area contributed by atoms with E-state index in [1.165, 1.54) is 25.6 Å². The zero-order valence-corrected chi connectivity index (χ0v) is 20.1. The van der Waals surface area contributed by atoms with Gasteiger partial charge in [-0.25, -0.2) is 0 Å². The lowest BCUT2D eigenvalue weighted by Crippen LogP contribution is -2.25. The summed E-state index contributed by atoms with van der Waals surface area (Å²) in [6, 6.07) is 18.4. The van der Waals surface area contributed by atoms with Crippen molar-refractivity contribution in [1.82, 2.24) is 4.57 Å². The van der Waals surface area contributed by atoms with E-state index in [0.717, 1.165) is 15.8 Å². The number of esters is 1. The summed E-state index contributed by atoms with van der Waals surface area (Å²) in [5.74, 6) is 0.809. The van der Waals surface area contributed by atoms with Crippen molar-refractivity contribution >= 4 is 33.4 Å². The predicted octanol–water partition coefficient (Wildman–Crippen LogP) is 4.26. The minimum atomic E-state index is -0.642. The normalized spacial score (nSPS) is 13.1. The molecule has 0 aliphatic carbocycles. The van der Waals surface area contributed by atoms with E-state index in [2.05, 4.69) is 4.99 Å². The minimum Gasteiger partial charge on any atom is -0.493 e. The molecule has 0 fully saturated rings. The number of aromatic nitrogens is 1.